The van der Waals surface area contributed by atoms with Crippen molar-refractivity contribution in [2.24, 2.45) is 0 Å². The highest BCUT2D eigenvalue weighted by Gasteiger charge is 2.25. The number of para-hydroxylation sites is 2. The zero-order valence-electron chi connectivity index (χ0n) is 27.7. The summed E-state index contributed by atoms with van der Waals surface area (Å²) in [6.45, 7) is 0. The highest BCUT2D eigenvalue weighted by atomic mass is 32.2. The number of anilines is 3. The highest BCUT2D eigenvalue weighted by Crippen LogP contribution is 2.52. The predicted octanol–water partition coefficient (Wildman–Crippen LogP) is 13.7. The van der Waals surface area contributed by atoms with Gasteiger partial charge in [-0.3, -0.25) is 0 Å². The standard InChI is InChI=1S/C46H27N3OS2/c1-2-8-35-28(7-1)13-14-29-15-16-33(25-38(29)35)46-47-45(48-52-46)30-17-21-34(22-18-30)49-39-10-4-6-12-43(39)51-44-27-32(20-24-40(44)49)31-19-23-37-36-9-3-5-11-41(36)50-42(37)26-31/h1-27H. The van der Waals surface area contributed by atoms with E-state index in [2.05, 4.69) is 157 Å². The number of fused-ring (bicyclic) bond motifs is 8. The molecule has 3 heterocycles. The number of benzene rings is 8. The Bertz CT molecular complexity index is 3020. The summed E-state index contributed by atoms with van der Waals surface area (Å²) >= 11 is 3.26. The number of aromatic nitrogens is 2. The van der Waals surface area contributed by atoms with E-state index in [0.717, 1.165) is 66.4 Å². The summed E-state index contributed by atoms with van der Waals surface area (Å²) in [5.74, 6) is 0.741. The van der Waals surface area contributed by atoms with Gasteiger partial charge in [0.05, 0.1) is 11.4 Å². The first kappa shape index (κ1) is 29.5. The van der Waals surface area contributed by atoms with Crippen LogP contribution >= 0.6 is 23.3 Å². The Hall–Kier alpha value is -6.21. The van der Waals surface area contributed by atoms with Crippen molar-refractivity contribution >= 4 is 83.8 Å². The fourth-order valence-corrected chi connectivity index (χ4v) is 9.25. The van der Waals surface area contributed by atoms with Gasteiger partial charge in [0.2, 0.25) is 0 Å². The SMILES string of the molecule is c1ccc2c(c1)Sc1cc(-c3ccc4c(c3)oc3ccccc34)ccc1N2c1ccc(-c2nsc(-c3ccc4ccc5ccccc5c4c3)n2)cc1. The van der Waals surface area contributed by atoms with Crippen LogP contribution in [0.5, 0.6) is 0 Å². The molecule has 244 valence electrons. The van der Waals surface area contributed by atoms with E-state index in [1.807, 2.05) is 23.9 Å². The number of furan rings is 1. The van der Waals surface area contributed by atoms with Crippen molar-refractivity contribution in [1.82, 2.24) is 9.36 Å². The maximum Gasteiger partial charge on any atom is 0.173 e. The van der Waals surface area contributed by atoms with E-state index < -0.39 is 0 Å². The van der Waals surface area contributed by atoms with Crippen LogP contribution in [0.3, 0.4) is 0 Å². The second-order valence-electron chi connectivity index (χ2n) is 13.1. The molecule has 0 atom stereocenters. The topological polar surface area (TPSA) is 42.2 Å². The number of nitrogens with zero attached hydrogens (tertiary/aromatic N) is 3. The van der Waals surface area contributed by atoms with Crippen LogP contribution in [0.25, 0.3) is 76.6 Å². The summed E-state index contributed by atoms with van der Waals surface area (Å²) in [4.78, 5) is 9.79. The Morgan fingerprint density at radius 3 is 2.06 bits per heavy atom. The average molecular weight is 702 g/mol. The van der Waals surface area contributed by atoms with Crippen molar-refractivity contribution in [1.29, 1.82) is 0 Å². The summed E-state index contributed by atoms with van der Waals surface area (Å²) in [5, 5.41) is 8.15. The Kier molecular flexibility index (Phi) is 6.62. The van der Waals surface area contributed by atoms with Crippen molar-refractivity contribution in [2.45, 2.75) is 9.79 Å². The molecule has 0 bridgehead atoms. The Morgan fingerprint density at radius 2 is 1.13 bits per heavy atom. The smallest absolute Gasteiger partial charge is 0.173 e. The number of rotatable bonds is 4. The minimum Gasteiger partial charge on any atom is -0.456 e. The zero-order valence-corrected chi connectivity index (χ0v) is 29.3. The minimum atomic E-state index is 0.741. The van der Waals surface area contributed by atoms with Crippen molar-refractivity contribution < 1.29 is 4.42 Å². The van der Waals surface area contributed by atoms with E-state index in [-0.39, 0.29) is 0 Å². The van der Waals surface area contributed by atoms with E-state index in [0.29, 0.717) is 0 Å². The molecule has 2 aromatic heterocycles. The molecule has 4 nitrogen and oxygen atoms in total. The molecule has 0 N–H and O–H groups in total. The first-order valence-electron chi connectivity index (χ1n) is 17.2. The molecule has 0 aliphatic carbocycles. The molecule has 10 aromatic rings. The molecule has 52 heavy (non-hydrogen) atoms. The zero-order chi connectivity index (χ0) is 34.2. The third kappa shape index (κ3) is 4.76. The van der Waals surface area contributed by atoms with Crippen LogP contribution in [0.15, 0.2) is 178 Å². The first-order chi connectivity index (χ1) is 25.7. The fraction of sp³-hybridized carbons (Fsp3) is 0. The lowest BCUT2D eigenvalue weighted by Gasteiger charge is -2.33. The van der Waals surface area contributed by atoms with Crippen LogP contribution in [0.4, 0.5) is 17.1 Å². The molecule has 8 aromatic carbocycles. The molecule has 0 spiro atoms. The van der Waals surface area contributed by atoms with Crippen LogP contribution in [0, 0.1) is 0 Å². The highest BCUT2D eigenvalue weighted by molar-refractivity contribution is 7.99. The van der Waals surface area contributed by atoms with Gasteiger partial charge in [-0.1, -0.05) is 103 Å². The monoisotopic (exact) mass is 701 g/mol. The van der Waals surface area contributed by atoms with Crippen molar-refractivity contribution in [3.63, 3.8) is 0 Å². The van der Waals surface area contributed by atoms with Gasteiger partial charge >= 0.3 is 0 Å². The van der Waals surface area contributed by atoms with Crippen molar-refractivity contribution in [3.05, 3.63) is 164 Å². The van der Waals surface area contributed by atoms with Crippen LogP contribution in [-0.4, -0.2) is 9.36 Å². The molecule has 1 aliphatic rings. The van der Waals surface area contributed by atoms with Gasteiger partial charge in [-0.15, -0.1) is 0 Å². The molecule has 0 radical (unpaired) electrons. The van der Waals surface area contributed by atoms with E-state index in [9.17, 15) is 0 Å². The molecular weight excluding hydrogens is 675 g/mol. The summed E-state index contributed by atoms with van der Waals surface area (Å²) in [5.41, 5.74) is 9.61. The molecular formula is C46H27N3OS2. The van der Waals surface area contributed by atoms with Gasteiger partial charge in [0, 0.05) is 37.4 Å². The predicted molar refractivity (Wildman–Crippen MR) is 217 cm³/mol. The summed E-state index contributed by atoms with van der Waals surface area (Å²) < 4.78 is 11.0. The van der Waals surface area contributed by atoms with Gasteiger partial charge in [-0.25, -0.2) is 4.98 Å². The molecule has 1 aliphatic heterocycles. The number of hydrogen-bond donors (Lipinski definition) is 0. The normalized spacial score (nSPS) is 12.5. The van der Waals surface area contributed by atoms with Crippen LogP contribution in [-0.2, 0) is 0 Å². The maximum absolute atomic E-state index is 6.22. The quantitative estimate of drug-likeness (QED) is 0.171. The van der Waals surface area contributed by atoms with Gasteiger partial charge < -0.3 is 9.32 Å². The van der Waals surface area contributed by atoms with Gasteiger partial charge in [0.1, 0.15) is 16.2 Å². The van der Waals surface area contributed by atoms with Crippen molar-refractivity contribution in [3.8, 4) is 33.1 Å². The van der Waals surface area contributed by atoms with Gasteiger partial charge in [-0.2, -0.15) is 4.37 Å². The van der Waals surface area contributed by atoms with E-state index in [1.54, 1.807) is 0 Å². The number of hydrogen-bond acceptors (Lipinski definition) is 6. The lowest BCUT2D eigenvalue weighted by molar-refractivity contribution is 0.669. The Labute approximate surface area is 307 Å². The Morgan fingerprint density at radius 1 is 0.462 bits per heavy atom. The second kappa shape index (κ2) is 11.7. The lowest BCUT2D eigenvalue weighted by atomic mass is 10.0. The van der Waals surface area contributed by atoms with Crippen molar-refractivity contribution in [2.75, 3.05) is 4.90 Å². The molecule has 11 rings (SSSR count). The average Bonchev–Trinajstić information content (AvgIpc) is 3.85. The fourth-order valence-electron chi connectivity index (χ4n) is 7.47. The van der Waals surface area contributed by atoms with Crippen LogP contribution in [0.2, 0.25) is 0 Å². The maximum atomic E-state index is 6.22. The molecule has 6 heteroatoms. The third-order valence-electron chi connectivity index (χ3n) is 10.0. The molecule has 0 saturated heterocycles. The largest absolute Gasteiger partial charge is 0.456 e. The first-order valence-corrected chi connectivity index (χ1v) is 18.8. The van der Waals surface area contributed by atoms with Gasteiger partial charge in [0.15, 0.2) is 5.82 Å². The molecule has 0 amide bonds. The van der Waals surface area contributed by atoms with E-state index >= 15 is 0 Å². The summed E-state index contributed by atoms with van der Waals surface area (Å²) in [6.07, 6.45) is 0. The molecule has 0 saturated carbocycles. The van der Waals surface area contributed by atoms with Gasteiger partial charge in [-0.05, 0) is 117 Å². The summed E-state index contributed by atoms with van der Waals surface area (Å²) in [6, 6.07) is 58.3. The van der Waals surface area contributed by atoms with E-state index in [4.69, 9.17) is 13.8 Å². The second-order valence-corrected chi connectivity index (χ2v) is 14.9. The van der Waals surface area contributed by atoms with Gasteiger partial charge in [0.25, 0.3) is 0 Å². The molecule has 0 unspecified atom stereocenters. The lowest BCUT2D eigenvalue weighted by Crippen LogP contribution is -2.14. The molecule has 0 fully saturated rings. The Balaban J connectivity index is 0.928. The van der Waals surface area contributed by atoms with Crippen LogP contribution in [0.1, 0.15) is 0 Å². The summed E-state index contributed by atoms with van der Waals surface area (Å²) in [7, 11) is 0. The van der Waals surface area contributed by atoms with Crippen LogP contribution < -0.4 is 4.90 Å². The van der Waals surface area contributed by atoms with E-state index in [1.165, 1.54) is 48.6 Å². The minimum absolute atomic E-state index is 0.741. The third-order valence-corrected chi connectivity index (χ3v) is 11.9.